The fourth-order valence-corrected chi connectivity index (χ4v) is 3.52. The predicted octanol–water partition coefficient (Wildman–Crippen LogP) is 4.28. The number of rotatable bonds is 6. The molecule has 1 fully saturated rings. The highest BCUT2D eigenvalue weighted by Gasteiger charge is 2.28. The van der Waals surface area contributed by atoms with Crippen molar-refractivity contribution in [1.29, 1.82) is 0 Å². The largest absolute Gasteiger partial charge is 0.490 e. The van der Waals surface area contributed by atoms with E-state index in [2.05, 4.69) is 0 Å². The van der Waals surface area contributed by atoms with Crippen molar-refractivity contribution >= 4 is 40.3 Å². The Hall–Kier alpha value is -2.31. The number of carbonyl (C=O) groups is 1. The average molecular weight is 386 g/mol. The van der Waals surface area contributed by atoms with Gasteiger partial charge in [-0.15, -0.1) is 0 Å². The van der Waals surface area contributed by atoms with E-state index < -0.39 is 0 Å². The van der Waals surface area contributed by atoms with E-state index >= 15 is 0 Å². The van der Waals surface area contributed by atoms with Crippen molar-refractivity contribution in [3.63, 3.8) is 0 Å². The van der Waals surface area contributed by atoms with Gasteiger partial charge in [0, 0.05) is 7.05 Å². The fraction of sp³-hybridized carbons (Fsp3) is 0.200. The number of thioether (sulfide) groups is 1. The van der Waals surface area contributed by atoms with Gasteiger partial charge in [0.1, 0.15) is 29.0 Å². The maximum atomic E-state index is 12.1. The van der Waals surface area contributed by atoms with Crippen molar-refractivity contribution in [3.05, 3.63) is 64.6 Å². The van der Waals surface area contributed by atoms with E-state index in [-0.39, 0.29) is 5.91 Å². The topological polar surface area (TPSA) is 38.8 Å². The molecule has 0 saturated carbocycles. The van der Waals surface area contributed by atoms with E-state index in [0.29, 0.717) is 22.4 Å². The first-order valence-electron chi connectivity index (χ1n) is 8.17. The Labute approximate surface area is 162 Å². The van der Waals surface area contributed by atoms with Gasteiger partial charge in [0.15, 0.2) is 0 Å². The molecular weight excluding hydrogens is 366 g/mol. The summed E-state index contributed by atoms with van der Waals surface area (Å²) >= 11 is 6.46. The van der Waals surface area contributed by atoms with E-state index in [1.807, 2.05) is 61.5 Å². The molecule has 1 amide bonds. The SMILES string of the molecule is Cc1ccc(OCCOc2cccc(C=C3SC(=S)N(C)C3=O)c2)cc1. The van der Waals surface area contributed by atoms with Crippen LogP contribution in [-0.4, -0.2) is 35.4 Å². The van der Waals surface area contributed by atoms with E-state index in [1.165, 1.54) is 22.2 Å². The first kappa shape index (κ1) is 18.5. The van der Waals surface area contributed by atoms with Crippen molar-refractivity contribution in [2.45, 2.75) is 6.92 Å². The lowest BCUT2D eigenvalue weighted by atomic mass is 10.2. The van der Waals surface area contributed by atoms with Crippen molar-refractivity contribution in [3.8, 4) is 11.5 Å². The second kappa shape index (κ2) is 8.38. The third-order valence-corrected chi connectivity index (χ3v) is 5.27. The molecule has 4 nitrogen and oxygen atoms in total. The van der Waals surface area contributed by atoms with Gasteiger partial charge in [-0.25, -0.2) is 0 Å². The summed E-state index contributed by atoms with van der Waals surface area (Å²) in [7, 11) is 1.69. The van der Waals surface area contributed by atoms with Gasteiger partial charge in [-0.2, -0.15) is 0 Å². The molecule has 0 atom stereocenters. The Morgan fingerprint density at radius 2 is 1.77 bits per heavy atom. The van der Waals surface area contributed by atoms with Crippen LogP contribution in [0.5, 0.6) is 11.5 Å². The summed E-state index contributed by atoms with van der Waals surface area (Å²) in [6.45, 7) is 2.94. The molecule has 0 unspecified atom stereocenters. The van der Waals surface area contributed by atoms with Crippen LogP contribution in [0.25, 0.3) is 6.08 Å². The molecule has 1 aliphatic heterocycles. The number of thiocarbonyl (C=S) groups is 1. The number of likely N-dealkylation sites (N-methyl/N-ethyl adjacent to an activating group) is 1. The van der Waals surface area contributed by atoms with Gasteiger partial charge in [-0.05, 0) is 42.8 Å². The number of amides is 1. The molecule has 0 aliphatic carbocycles. The number of hydrogen-bond acceptors (Lipinski definition) is 5. The van der Waals surface area contributed by atoms with Crippen LogP contribution >= 0.6 is 24.0 Å². The molecule has 26 heavy (non-hydrogen) atoms. The molecule has 134 valence electrons. The monoisotopic (exact) mass is 385 g/mol. The molecule has 2 aromatic rings. The third kappa shape index (κ3) is 4.65. The van der Waals surface area contributed by atoms with Gasteiger partial charge in [0.25, 0.3) is 5.91 Å². The molecule has 1 saturated heterocycles. The van der Waals surface area contributed by atoms with Crippen LogP contribution in [0, 0.1) is 6.92 Å². The van der Waals surface area contributed by atoms with E-state index in [4.69, 9.17) is 21.7 Å². The predicted molar refractivity (Wildman–Crippen MR) is 110 cm³/mol. The Balaban J connectivity index is 1.55. The number of hydrogen-bond donors (Lipinski definition) is 0. The normalized spacial score (nSPS) is 15.6. The van der Waals surface area contributed by atoms with Crippen LogP contribution in [0.3, 0.4) is 0 Å². The maximum absolute atomic E-state index is 12.1. The maximum Gasteiger partial charge on any atom is 0.265 e. The van der Waals surface area contributed by atoms with Crippen LogP contribution in [-0.2, 0) is 4.79 Å². The lowest BCUT2D eigenvalue weighted by molar-refractivity contribution is -0.121. The van der Waals surface area contributed by atoms with E-state index in [9.17, 15) is 4.79 Å². The third-order valence-electron chi connectivity index (χ3n) is 3.78. The molecule has 0 spiro atoms. The zero-order valence-electron chi connectivity index (χ0n) is 14.6. The standard InChI is InChI=1S/C20H19NO3S2/c1-14-6-8-16(9-7-14)23-10-11-24-17-5-3-4-15(12-17)13-18-19(22)21(2)20(25)26-18/h3-9,12-13H,10-11H2,1-2H3. The van der Waals surface area contributed by atoms with Crippen molar-refractivity contribution < 1.29 is 14.3 Å². The number of aryl methyl sites for hydroxylation is 1. The number of nitrogens with zero attached hydrogens (tertiary/aromatic N) is 1. The molecule has 3 rings (SSSR count). The summed E-state index contributed by atoms with van der Waals surface area (Å²) in [5, 5.41) is 0. The van der Waals surface area contributed by atoms with Crippen molar-refractivity contribution in [1.82, 2.24) is 4.90 Å². The van der Waals surface area contributed by atoms with Crippen LogP contribution in [0.1, 0.15) is 11.1 Å². The van der Waals surface area contributed by atoms with Gasteiger partial charge < -0.3 is 9.47 Å². The smallest absolute Gasteiger partial charge is 0.265 e. The Morgan fingerprint density at radius 1 is 1.08 bits per heavy atom. The summed E-state index contributed by atoms with van der Waals surface area (Å²) in [6, 6.07) is 15.5. The molecule has 0 N–H and O–H groups in total. The van der Waals surface area contributed by atoms with Crippen LogP contribution < -0.4 is 9.47 Å². The van der Waals surface area contributed by atoms with Gasteiger partial charge in [0.2, 0.25) is 0 Å². The summed E-state index contributed by atoms with van der Waals surface area (Å²) in [5.74, 6) is 1.49. The number of ether oxygens (including phenoxy) is 2. The van der Waals surface area contributed by atoms with E-state index in [1.54, 1.807) is 7.05 Å². The zero-order chi connectivity index (χ0) is 18.5. The molecule has 1 aliphatic rings. The average Bonchev–Trinajstić information content (AvgIpc) is 2.87. The molecular formula is C20H19NO3S2. The summed E-state index contributed by atoms with van der Waals surface area (Å²) in [6.07, 6.45) is 1.83. The Morgan fingerprint density at radius 3 is 2.42 bits per heavy atom. The van der Waals surface area contributed by atoms with Gasteiger partial charge >= 0.3 is 0 Å². The number of benzene rings is 2. The molecule has 6 heteroatoms. The second-order valence-electron chi connectivity index (χ2n) is 5.82. The Kier molecular flexibility index (Phi) is 5.96. The first-order valence-corrected chi connectivity index (χ1v) is 9.39. The highest BCUT2D eigenvalue weighted by atomic mass is 32.2. The fourth-order valence-electron chi connectivity index (χ4n) is 2.34. The van der Waals surface area contributed by atoms with Crippen LogP contribution in [0.4, 0.5) is 0 Å². The van der Waals surface area contributed by atoms with Gasteiger partial charge in [-0.3, -0.25) is 9.69 Å². The second-order valence-corrected chi connectivity index (χ2v) is 7.50. The highest BCUT2D eigenvalue weighted by molar-refractivity contribution is 8.26. The summed E-state index contributed by atoms with van der Waals surface area (Å²) < 4.78 is 12.0. The van der Waals surface area contributed by atoms with Crippen molar-refractivity contribution in [2.24, 2.45) is 0 Å². The number of carbonyl (C=O) groups excluding carboxylic acids is 1. The molecule has 0 aromatic heterocycles. The highest BCUT2D eigenvalue weighted by Crippen LogP contribution is 2.31. The quantitative estimate of drug-likeness (QED) is 0.421. The lowest BCUT2D eigenvalue weighted by Gasteiger charge is -2.09. The summed E-state index contributed by atoms with van der Waals surface area (Å²) in [5.41, 5.74) is 2.10. The lowest BCUT2D eigenvalue weighted by Crippen LogP contribution is -2.22. The van der Waals surface area contributed by atoms with Gasteiger partial charge in [0.05, 0.1) is 4.91 Å². The first-order chi connectivity index (χ1) is 12.5. The molecule has 0 bridgehead atoms. The zero-order valence-corrected chi connectivity index (χ0v) is 16.2. The minimum atomic E-state index is -0.0715. The molecule has 1 heterocycles. The van der Waals surface area contributed by atoms with Crippen molar-refractivity contribution in [2.75, 3.05) is 20.3 Å². The minimum Gasteiger partial charge on any atom is -0.490 e. The molecule has 0 radical (unpaired) electrons. The van der Waals surface area contributed by atoms with Crippen LogP contribution in [0.15, 0.2) is 53.4 Å². The molecule has 2 aromatic carbocycles. The minimum absolute atomic E-state index is 0.0715. The summed E-state index contributed by atoms with van der Waals surface area (Å²) in [4.78, 5) is 14.2. The van der Waals surface area contributed by atoms with Gasteiger partial charge in [-0.1, -0.05) is 53.8 Å². The van der Waals surface area contributed by atoms with E-state index in [0.717, 1.165) is 17.1 Å². The Bertz CT molecular complexity index is 846. The van der Waals surface area contributed by atoms with Crippen LogP contribution in [0.2, 0.25) is 0 Å².